The Morgan fingerprint density at radius 1 is 1.41 bits per heavy atom. The Balaban J connectivity index is 2.30. The summed E-state index contributed by atoms with van der Waals surface area (Å²) in [5, 5.41) is 7.30. The number of benzene rings is 1. The minimum absolute atomic E-state index is 0.162. The van der Waals surface area contributed by atoms with Gasteiger partial charge in [0.15, 0.2) is 0 Å². The van der Waals surface area contributed by atoms with Crippen molar-refractivity contribution in [1.82, 2.24) is 10.2 Å². The van der Waals surface area contributed by atoms with Crippen LogP contribution in [0.3, 0.4) is 0 Å². The van der Waals surface area contributed by atoms with Crippen molar-refractivity contribution in [2.75, 3.05) is 9.38 Å². The van der Waals surface area contributed by atoms with Crippen molar-refractivity contribution >= 4 is 31.6 Å². The highest BCUT2D eigenvalue weighted by molar-refractivity contribution is 9.10. The van der Waals surface area contributed by atoms with E-state index in [-0.39, 0.29) is 4.66 Å². The van der Waals surface area contributed by atoms with Crippen LogP contribution in [0.5, 0.6) is 0 Å². The number of rotatable bonds is 4. The number of sulfonamides is 1. The Hall–Kier alpha value is -1.41. The third-order valence-corrected chi connectivity index (χ3v) is 4.53. The average molecular weight is 318 g/mol. The molecule has 0 spiro atoms. The number of hydrogen-bond donors (Lipinski definition) is 1. The fourth-order valence-corrected chi connectivity index (χ4v) is 2.11. The molecular formula is C9H8BrN3O3S. The van der Waals surface area contributed by atoms with E-state index in [1.807, 2.05) is 0 Å². The molecule has 0 saturated carbocycles. The summed E-state index contributed by atoms with van der Waals surface area (Å²) < 4.78 is 30.0. The maximum absolute atomic E-state index is 11.4. The quantitative estimate of drug-likeness (QED) is 0.869. The predicted octanol–water partition coefficient (Wildman–Crippen LogP) is 1.83. The minimum Gasteiger partial charge on any atom is -0.423 e. The predicted molar refractivity (Wildman–Crippen MR) is 66.1 cm³/mol. The fourth-order valence-electron chi connectivity index (χ4n) is 1.22. The molecular weight excluding hydrogens is 310 g/mol. The van der Waals surface area contributed by atoms with E-state index >= 15 is 0 Å². The van der Waals surface area contributed by atoms with Crippen LogP contribution in [0, 0.1) is 0 Å². The van der Waals surface area contributed by atoms with Gasteiger partial charge in [0.2, 0.25) is 22.3 Å². The molecule has 0 atom stereocenters. The Kier molecular flexibility index (Phi) is 3.43. The van der Waals surface area contributed by atoms with Crippen molar-refractivity contribution in [3.05, 3.63) is 30.7 Å². The molecule has 6 nitrogen and oxygen atoms in total. The second kappa shape index (κ2) is 4.84. The van der Waals surface area contributed by atoms with Gasteiger partial charge in [0, 0.05) is 11.3 Å². The summed E-state index contributed by atoms with van der Waals surface area (Å²) in [6.07, 6.45) is 1.21. The lowest BCUT2D eigenvalue weighted by Gasteiger charge is -2.05. The molecule has 0 saturated heterocycles. The maximum atomic E-state index is 11.4. The molecule has 90 valence electrons. The molecule has 1 aromatic heterocycles. The average Bonchev–Trinajstić information content (AvgIpc) is 2.82. The molecule has 8 heteroatoms. The van der Waals surface area contributed by atoms with E-state index in [1.165, 1.54) is 6.39 Å². The monoisotopic (exact) mass is 317 g/mol. The van der Waals surface area contributed by atoms with E-state index < -0.39 is 10.0 Å². The minimum atomic E-state index is -3.36. The number of hydrogen-bond acceptors (Lipinski definition) is 5. The largest absolute Gasteiger partial charge is 0.423 e. The van der Waals surface area contributed by atoms with Crippen LogP contribution in [-0.2, 0) is 10.0 Å². The van der Waals surface area contributed by atoms with Crippen LogP contribution in [0.25, 0.3) is 11.5 Å². The fraction of sp³-hybridized carbons (Fsp3) is 0.111. The van der Waals surface area contributed by atoms with Gasteiger partial charge in [0.05, 0.1) is 0 Å². The van der Waals surface area contributed by atoms with Crippen LogP contribution in [0.15, 0.2) is 35.1 Å². The van der Waals surface area contributed by atoms with Gasteiger partial charge < -0.3 is 4.42 Å². The first-order valence-corrected chi connectivity index (χ1v) is 7.31. The Morgan fingerprint density at radius 2 is 2.24 bits per heavy atom. The molecule has 1 heterocycles. The third kappa shape index (κ3) is 3.04. The molecule has 1 N–H and O–H groups in total. The molecule has 0 aliphatic carbocycles. The molecule has 0 bridgehead atoms. The van der Waals surface area contributed by atoms with Crippen LogP contribution < -0.4 is 4.72 Å². The zero-order valence-corrected chi connectivity index (χ0v) is 10.9. The van der Waals surface area contributed by atoms with Crippen molar-refractivity contribution < 1.29 is 12.8 Å². The highest BCUT2D eigenvalue weighted by Gasteiger charge is 2.09. The lowest BCUT2D eigenvalue weighted by atomic mass is 10.2. The first-order valence-electron chi connectivity index (χ1n) is 4.54. The van der Waals surface area contributed by atoms with Gasteiger partial charge in [0.1, 0.15) is 4.66 Å². The summed E-state index contributed by atoms with van der Waals surface area (Å²) in [7, 11) is -3.36. The lowest BCUT2D eigenvalue weighted by molar-refractivity contribution is 0.568. The second-order valence-corrected chi connectivity index (χ2v) is 6.18. The van der Waals surface area contributed by atoms with Crippen molar-refractivity contribution in [1.29, 1.82) is 0 Å². The highest BCUT2D eigenvalue weighted by Crippen LogP contribution is 2.21. The van der Waals surface area contributed by atoms with Crippen LogP contribution >= 0.6 is 15.9 Å². The molecule has 2 aromatic rings. The highest BCUT2D eigenvalue weighted by atomic mass is 79.9. The standard InChI is InChI=1S/C9H8BrN3O3S/c10-5-17(14,15)13-8-3-1-2-7(4-8)9-12-11-6-16-9/h1-4,6,13H,5H2. The van der Waals surface area contributed by atoms with Gasteiger partial charge in [0.25, 0.3) is 0 Å². The van der Waals surface area contributed by atoms with Gasteiger partial charge >= 0.3 is 0 Å². The SMILES string of the molecule is O=S(=O)(CBr)Nc1cccc(-c2nnco2)c1. The molecule has 0 aliphatic rings. The molecule has 0 aliphatic heterocycles. The van der Waals surface area contributed by atoms with E-state index in [0.29, 0.717) is 17.1 Å². The number of nitrogens with one attached hydrogen (secondary N) is 1. The number of nitrogens with zero attached hydrogens (tertiary/aromatic N) is 2. The van der Waals surface area contributed by atoms with Crippen molar-refractivity contribution in [3.63, 3.8) is 0 Å². The van der Waals surface area contributed by atoms with E-state index in [9.17, 15) is 8.42 Å². The molecule has 17 heavy (non-hydrogen) atoms. The third-order valence-electron chi connectivity index (χ3n) is 1.89. The van der Waals surface area contributed by atoms with Crippen molar-refractivity contribution in [2.45, 2.75) is 0 Å². The number of aromatic nitrogens is 2. The Bertz CT molecular complexity index is 598. The Labute approximate surface area is 106 Å². The van der Waals surface area contributed by atoms with Gasteiger partial charge in [-0.25, -0.2) is 8.42 Å². The zero-order chi connectivity index (χ0) is 12.3. The molecule has 0 unspecified atom stereocenters. The van der Waals surface area contributed by atoms with Gasteiger partial charge in [-0.05, 0) is 18.2 Å². The number of halogens is 1. The molecule has 0 fully saturated rings. The van der Waals surface area contributed by atoms with Crippen LogP contribution in [0.2, 0.25) is 0 Å². The summed E-state index contributed by atoms with van der Waals surface area (Å²) in [6.45, 7) is 0. The summed E-state index contributed by atoms with van der Waals surface area (Å²) >= 11 is 2.89. The smallest absolute Gasteiger partial charge is 0.247 e. The van der Waals surface area contributed by atoms with Crippen molar-refractivity contribution in [2.24, 2.45) is 0 Å². The number of alkyl halides is 1. The van der Waals surface area contributed by atoms with Crippen molar-refractivity contribution in [3.8, 4) is 11.5 Å². The van der Waals surface area contributed by atoms with E-state index in [4.69, 9.17) is 4.42 Å². The van der Waals surface area contributed by atoms with Crippen LogP contribution in [-0.4, -0.2) is 23.3 Å². The summed E-state index contributed by atoms with van der Waals surface area (Å²) in [5.41, 5.74) is 1.09. The Morgan fingerprint density at radius 3 is 2.88 bits per heavy atom. The lowest BCUT2D eigenvalue weighted by Crippen LogP contribution is -2.13. The first-order chi connectivity index (χ1) is 8.11. The second-order valence-electron chi connectivity index (χ2n) is 3.15. The summed E-state index contributed by atoms with van der Waals surface area (Å²) in [5.74, 6) is 0.338. The number of anilines is 1. The topological polar surface area (TPSA) is 85.1 Å². The first kappa shape index (κ1) is 12.1. The molecule has 0 radical (unpaired) electrons. The van der Waals surface area contributed by atoms with Gasteiger partial charge in [-0.1, -0.05) is 22.0 Å². The van der Waals surface area contributed by atoms with E-state index in [0.717, 1.165) is 0 Å². The van der Waals surface area contributed by atoms with Gasteiger partial charge in [-0.15, -0.1) is 10.2 Å². The van der Waals surface area contributed by atoms with E-state index in [2.05, 4.69) is 30.8 Å². The summed E-state index contributed by atoms with van der Waals surface area (Å²) in [6, 6.07) is 6.71. The maximum Gasteiger partial charge on any atom is 0.247 e. The van der Waals surface area contributed by atoms with Gasteiger partial charge in [-0.2, -0.15) is 0 Å². The molecule has 0 amide bonds. The van der Waals surface area contributed by atoms with Crippen LogP contribution in [0.1, 0.15) is 0 Å². The zero-order valence-electron chi connectivity index (χ0n) is 8.50. The van der Waals surface area contributed by atoms with Crippen LogP contribution in [0.4, 0.5) is 5.69 Å². The normalized spacial score (nSPS) is 11.4. The summed E-state index contributed by atoms with van der Waals surface area (Å²) in [4.78, 5) is 0. The molecule has 1 aromatic carbocycles. The molecule has 2 rings (SSSR count). The van der Waals surface area contributed by atoms with E-state index in [1.54, 1.807) is 24.3 Å². The van der Waals surface area contributed by atoms with Gasteiger partial charge in [-0.3, -0.25) is 4.72 Å².